The van der Waals surface area contributed by atoms with Crippen LogP contribution < -0.4 is 0 Å². The molecule has 0 spiro atoms. The SMILES string of the molecule is CCOP(=O)(CN(CCC[N+](C)(C)C)CP(=O)(OCC)OCC)OCC. The van der Waals surface area contributed by atoms with Gasteiger partial charge in [-0.25, -0.2) is 0 Å². The minimum absolute atomic E-state index is 0.0654. The fourth-order valence-electron chi connectivity index (χ4n) is 2.47. The van der Waals surface area contributed by atoms with E-state index in [-0.39, 0.29) is 12.6 Å². The van der Waals surface area contributed by atoms with Crippen LogP contribution in [0, 0.1) is 0 Å². The lowest BCUT2D eigenvalue weighted by atomic mass is 10.3. The smallest absolute Gasteiger partial charge is 0.331 e. The van der Waals surface area contributed by atoms with Crippen LogP contribution >= 0.6 is 15.2 Å². The van der Waals surface area contributed by atoms with Crippen molar-refractivity contribution in [1.82, 2.24) is 4.90 Å². The van der Waals surface area contributed by atoms with E-state index < -0.39 is 15.2 Å². The second kappa shape index (κ2) is 12.6. The minimum Gasteiger partial charge on any atom is -0.331 e. The van der Waals surface area contributed by atoms with E-state index in [0.717, 1.165) is 17.4 Å². The summed E-state index contributed by atoms with van der Waals surface area (Å²) in [5, 5.41) is 0. The largest absolute Gasteiger partial charge is 0.344 e. The van der Waals surface area contributed by atoms with Crippen LogP contribution in [0.3, 0.4) is 0 Å². The normalized spacial score (nSPS) is 13.5. The van der Waals surface area contributed by atoms with Crippen molar-refractivity contribution in [2.45, 2.75) is 34.1 Å². The standard InChI is InChI=1S/C16H39N2O6P2/c1-8-21-25(19,22-9-2)15-17(13-12-14-18(5,6)7)16-26(20,23-10-3)24-11-4/h8-16H2,1-7H3/q+1. The molecule has 0 saturated carbocycles. The summed E-state index contributed by atoms with van der Waals surface area (Å²) in [6, 6.07) is 0. The van der Waals surface area contributed by atoms with Gasteiger partial charge < -0.3 is 22.6 Å². The molecule has 10 heteroatoms. The van der Waals surface area contributed by atoms with Gasteiger partial charge in [-0.3, -0.25) is 14.0 Å². The van der Waals surface area contributed by atoms with E-state index in [2.05, 4.69) is 21.1 Å². The Balaban J connectivity index is 5.24. The molecular weight excluding hydrogens is 378 g/mol. The van der Waals surface area contributed by atoms with E-state index in [1.807, 2.05) is 4.90 Å². The summed E-state index contributed by atoms with van der Waals surface area (Å²) in [7, 11) is -0.247. The third-order valence-corrected chi connectivity index (χ3v) is 7.45. The lowest BCUT2D eigenvalue weighted by molar-refractivity contribution is -0.870. The first-order valence-electron chi connectivity index (χ1n) is 9.32. The molecule has 0 aliphatic rings. The molecule has 0 radical (unpaired) electrons. The first kappa shape index (κ1) is 26.2. The minimum atomic E-state index is -3.29. The van der Waals surface area contributed by atoms with Gasteiger partial charge in [-0.15, -0.1) is 0 Å². The molecule has 0 amide bonds. The molecular formula is C16H39N2O6P2+. The fraction of sp³-hybridized carbons (Fsp3) is 1.00. The molecule has 0 aliphatic carbocycles. The average molecular weight is 417 g/mol. The van der Waals surface area contributed by atoms with Crippen molar-refractivity contribution in [2.75, 3.05) is 73.2 Å². The van der Waals surface area contributed by atoms with Crippen molar-refractivity contribution >= 4 is 15.2 Å². The molecule has 0 aromatic carbocycles. The highest BCUT2D eigenvalue weighted by molar-refractivity contribution is 7.54. The second-order valence-corrected chi connectivity index (χ2v) is 11.0. The van der Waals surface area contributed by atoms with E-state index in [1.54, 1.807) is 27.7 Å². The second-order valence-electron chi connectivity index (χ2n) is 6.94. The Bertz CT molecular complexity index is 418. The molecule has 8 nitrogen and oxygen atoms in total. The number of quaternary nitrogens is 1. The number of hydrogen-bond acceptors (Lipinski definition) is 7. The molecule has 0 aliphatic heterocycles. The molecule has 0 heterocycles. The zero-order chi connectivity index (χ0) is 20.3. The molecule has 0 saturated heterocycles. The topological polar surface area (TPSA) is 74.3 Å². The maximum Gasteiger partial charge on any atom is 0.344 e. The maximum absolute atomic E-state index is 12.9. The van der Waals surface area contributed by atoms with Crippen molar-refractivity contribution in [3.63, 3.8) is 0 Å². The average Bonchev–Trinajstić information content (AvgIpc) is 2.46. The van der Waals surface area contributed by atoms with Gasteiger partial charge in [0.25, 0.3) is 0 Å². The van der Waals surface area contributed by atoms with Gasteiger partial charge in [-0.1, -0.05) is 0 Å². The van der Waals surface area contributed by atoms with Gasteiger partial charge in [0, 0.05) is 13.0 Å². The Kier molecular flexibility index (Phi) is 12.7. The van der Waals surface area contributed by atoms with Crippen LogP contribution in [0.4, 0.5) is 0 Å². The predicted octanol–water partition coefficient (Wildman–Crippen LogP) is 3.83. The fourth-order valence-corrected chi connectivity index (χ4v) is 6.14. The molecule has 0 unspecified atom stereocenters. The zero-order valence-corrected chi connectivity index (χ0v) is 19.4. The molecule has 0 bridgehead atoms. The molecule has 158 valence electrons. The number of rotatable bonds is 16. The van der Waals surface area contributed by atoms with Crippen molar-refractivity contribution in [1.29, 1.82) is 0 Å². The van der Waals surface area contributed by atoms with Gasteiger partial charge in [-0.05, 0) is 27.7 Å². The summed E-state index contributed by atoms with van der Waals surface area (Å²) in [6.45, 7) is 9.79. The zero-order valence-electron chi connectivity index (χ0n) is 17.6. The molecule has 0 N–H and O–H groups in total. The Hall–Kier alpha value is 0.220. The molecule has 0 rings (SSSR count). The lowest BCUT2D eigenvalue weighted by Crippen LogP contribution is -2.38. The Morgan fingerprint density at radius 1 is 0.731 bits per heavy atom. The van der Waals surface area contributed by atoms with Crippen LogP contribution in [-0.2, 0) is 27.2 Å². The van der Waals surface area contributed by atoms with Crippen LogP contribution in [0.25, 0.3) is 0 Å². The Morgan fingerprint density at radius 2 is 1.08 bits per heavy atom. The summed E-state index contributed by atoms with van der Waals surface area (Å²) < 4.78 is 48.3. The van der Waals surface area contributed by atoms with Gasteiger partial charge in [-0.2, -0.15) is 0 Å². The van der Waals surface area contributed by atoms with Crippen molar-refractivity contribution in [3.05, 3.63) is 0 Å². The quantitative estimate of drug-likeness (QED) is 0.279. The van der Waals surface area contributed by atoms with Gasteiger partial charge in [0.05, 0.1) is 54.1 Å². The van der Waals surface area contributed by atoms with Gasteiger partial charge in [0.15, 0.2) is 0 Å². The number of hydrogen-bond donors (Lipinski definition) is 0. The van der Waals surface area contributed by atoms with E-state index in [0.29, 0.717) is 33.0 Å². The van der Waals surface area contributed by atoms with Gasteiger partial charge in [0.2, 0.25) is 0 Å². The molecule has 0 fully saturated rings. The number of nitrogens with zero attached hydrogens (tertiary/aromatic N) is 2. The van der Waals surface area contributed by atoms with Gasteiger partial charge >= 0.3 is 15.2 Å². The van der Waals surface area contributed by atoms with Crippen LogP contribution in [0.2, 0.25) is 0 Å². The molecule has 0 aromatic heterocycles. The monoisotopic (exact) mass is 417 g/mol. The van der Waals surface area contributed by atoms with E-state index >= 15 is 0 Å². The first-order chi connectivity index (χ1) is 12.0. The highest BCUT2D eigenvalue weighted by Gasteiger charge is 2.33. The third-order valence-electron chi connectivity index (χ3n) is 3.35. The van der Waals surface area contributed by atoms with E-state index in [1.165, 1.54) is 0 Å². The van der Waals surface area contributed by atoms with Crippen molar-refractivity contribution in [2.24, 2.45) is 0 Å². The third kappa shape index (κ3) is 11.8. The van der Waals surface area contributed by atoms with Gasteiger partial charge in [0.1, 0.15) is 12.6 Å². The summed E-state index contributed by atoms with van der Waals surface area (Å²) in [4.78, 5) is 1.83. The highest BCUT2D eigenvalue weighted by atomic mass is 31.2. The van der Waals surface area contributed by atoms with Crippen molar-refractivity contribution in [3.8, 4) is 0 Å². The molecule has 0 aromatic rings. The van der Waals surface area contributed by atoms with E-state index in [4.69, 9.17) is 18.1 Å². The lowest BCUT2D eigenvalue weighted by Gasteiger charge is -2.30. The maximum atomic E-state index is 12.9. The molecule has 0 atom stereocenters. The first-order valence-corrected chi connectivity index (χ1v) is 12.8. The summed E-state index contributed by atoms with van der Waals surface area (Å²) >= 11 is 0. The summed E-state index contributed by atoms with van der Waals surface area (Å²) in [6.07, 6.45) is 0.978. The van der Waals surface area contributed by atoms with Crippen LogP contribution in [0.5, 0.6) is 0 Å². The van der Waals surface area contributed by atoms with Crippen LogP contribution in [-0.4, -0.2) is 82.6 Å². The predicted molar refractivity (Wildman–Crippen MR) is 106 cm³/mol. The summed E-state index contributed by atoms with van der Waals surface area (Å²) in [5.74, 6) is 0. The van der Waals surface area contributed by atoms with Crippen LogP contribution in [0.1, 0.15) is 34.1 Å². The highest BCUT2D eigenvalue weighted by Crippen LogP contribution is 2.53. The van der Waals surface area contributed by atoms with E-state index in [9.17, 15) is 9.13 Å². The van der Waals surface area contributed by atoms with Crippen LogP contribution in [0.15, 0.2) is 0 Å². The Morgan fingerprint density at radius 3 is 1.35 bits per heavy atom. The molecule has 26 heavy (non-hydrogen) atoms. The summed E-state index contributed by atoms with van der Waals surface area (Å²) in [5.41, 5.74) is 0. The Labute approximate surface area is 159 Å². The van der Waals surface area contributed by atoms with Crippen molar-refractivity contribution < 1.29 is 31.7 Å².